The molecule has 0 aliphatic carbocycles. The molecule has 0 saturated heterocycles. The molecule has 0 spiro atoms. The molecule has 0 unspecified atom stereocenters. The lowest BCUT2D eigenvalue weighted by Gasteiger charge is -2.16. The first-order valence-electron chi connectivity index (χ1n) is 7.95. The number of para-hydroxylation sites is 1. The summed E-state index contributed by atoms with van der Waals surface area (Å²) in [5, 5.41) is 15.7. The number of anilines is 2. The molecule has 0 heterocycles. The van der Waals surface area contributed by atoms with Crippen molar-refractivity contribution < 1.29 is 4.79 Å². The number of aryl methyl sites for hydroxylation is 1. The van der Waals surface area contributed by atoms with Gasteiger partial charge in [-0.05, 0) is 42.2 Å². The lowest BCUT2D eigenvalue weighted by atomic mass is 9.98. The second-order valence-electron chi connectivity index (χ2n) is 5.97. The molecule has 0 radical (unpaired) electrons. The fourth-order valence-corrected chi connectivity index (χ4v) is 2.60. The molecule has 0 fully saturated rings. The molecule has 2 rings (SSSR count). The fraction of sp³-hybridized carbons (Fsp3) is 0.200. The number of benzene rings is 2. The number of rotatable bonds is 5. The highest BCUT2D eigenvalue weighted by Gasteiger charge is 2.15. The average Bonchev–Trinajstić information content (AvgIpc) is 2.57. The molecule has 0 bridgehead atoms. The van der Waals surface area contributed by atoms with E-state index in [4.69, 9.17) is 11.6 Å². The Labute approximate surface area is 153 Å². The van der Waals surface area contributed by atoms with Gasteiger partial charge in [-0.3, -0.25) is 4.79 Å². The highest BCUT2D eigenvalue weighted by Crippen LogP contribution is 2.27. The van der Waals surface area contributed by atoms with E-state index in [1.165, 1.54) is 6.20 Å². The van der Waals surface area contributed by atoms with Gasteiger partial charge in [0.2, 0.25) is 0 Å². The number of hydrogen-bond acceptors (Lipinski definition) is 3. The van der Waals surface area contributed by atoms with Crippen LogP contribution in [0, 0.1) is 18.3 Å². The zero-order chi connectivity index (χ0) is 18.4. The molecule has 5 heteroatoms. The van der Waals surface area contributed by atoms with Crippen LogP contribution in [0.1, 0.15) is 30.9 Å². The van der Waals surface area contributed by atoms with Crippen molar-refractivity contribution in [2.75, 3.05) is 10.6 Å². The summed E-state index contributed by atoms with van der Waals surface area (Å²) in [4.78, 5) is 12.5. The zero-order valence-electron chi connectivity index (χ0n) is 14.4. The normalized spacial score (nSPS) is 11.1. The summed E-state index contributed by atoms with van der Waals surface area (Å²) in [6.07, 6.45) is 1.38. The molecule has 2 N–H and O–H groups in total. The molecular formula is C20H20ClN3O. The van der Waals surface area contributed by atoms with Crippen LogP contribution in [0.4, 0.5) is 11.4 Å². The van der Waals surface area contributed by atoms with Crippen molar-refractivity contribution in [3.05, 3.63) is 70.4 Å². The predicted octanol–water partition coefficient (Wildman–Crippen LogP) is 5.23. The van der Waals surface area contributed by atoms with Gasteiger partial charge in [-0.15, -0.1) is 0 Å². The minimum Gasteiger partial charge on any atom is -0.360 e. The van der Waals surface area contributed by atoms with Crippen LogP contribution in [0.3, 0.4) is 0 Å². The van der Waals surface area contributed by atoms with Crippen LogP contribution in [0.2, 0.25) is 5.02 Å². The molecule has 0 saturated carbocycles. The largest absolute Gasteiger partial charge is 0.360 e. The summed E-state index contributed by atoms with van der Waals surface area (Å²) in [5.41, 5.74) is 3.43. The van der Waals surface area contributed by atoms with E-state index in [0.29, 0.717) is 10.7 Å². The molecule has 4 nitrogen and oxygen atoms in total. The standard InChI is InChI=1S/C20H20ClN3O/c1-13(2)18-9-4-6-14(3)19(18)24-20(25)15(11-22)12-23-17-8-5-7-16(21)10-17/h4-10,12-13,23H,1-3H3,(H,24,25)/b15-12-. The Balaban J connectivity index is 2.21. The molecule has 0 aliphatic heterocycles. The molecule has 0 aliphatic rings. The van der Waals surface area contributed by atoms with E-state index < -0.39 is 5.91 Å². The first-order chi connectivity index (χ1) is 11.9. The van der Waals surface area contributed by atoms with Crippen LogP contribution in [0.15, 0.2) is 54.2 Å². The van der Waals surface area contributed by atoms with Crippen LogP contribution in [-0.4, -0.2) is 5.91 Å². The van der Waals surface area contributed by atoms with Gasteiger partial charge >= 0.3 is 0 Å². The third kappa shape index (κ3) is 4.85. The Kier molecular flexibility index (Phi) is 6.21. The fourth-order valence-electron chi connectivity index (χ4n) is 2.41. The number of amides is 1. The van der Waals surface area contributed by atoms with Crippen molar-refractivity contribution in [1.29, 1.82) is 5.26 Å². The van der Waals surface area contributed by atoms with Gasteiger partial charge in [-0.25, -0.2) is 0 Å². The minimum absolute atomic E-state index is 0.0158. The molecule has 25 heavy (non-hydrogen) atoms. The highest BCUT2D eigenvalue weighted by molar-refractivity contribution is 6.30. The van der Waals surface area contributed by atoms with Crippen molar-refractivity contribution in [1.82, 2.24) is 0 Å². The maximum absolute atomic E-state index is 12.5. The third-order valence-corrected chi connectivity index (χ3v) is 3.97. The number of nitrogens with zero attached hydrogens (tertiary/aromatic N) is 1. The van der Waals surface area contributed by atoms with Gasteiger partial charge in [0.1, 0.15) is 11.6 Å². The van der Waals surface area contributed by atoms with Crippen molar-refractivity contribution >= 4 is 28.9 Å². The Bertz CT molecular complexity index is 850. The monoisotopic (exact) mass is 353 g/mol. The Morgan fingerprint density at radius 3 is 2.60 bits per heavy atom. The summed E-state index contributed by atoms with van der Waals surface area (Å²) in [7, 11) is 0. The summed E-state index contributed by atoms with van der Waals surface area (Å²) < 4.78 is 0. The molecule has 1 amide bonds. The van der Waals surface area contributed by atoms with Crippen LogP contribution in [0.5, 0.6) is 0 Å². The summed E-state index contributed by atoms with van der Waals surface area (Å²) in [6, 6.07) is 14.8. The Hall–Kier alpha value is -2.77. The lowest BCUT2D eigenvalue weighted by molar-refractivity contribution is -0.112. The summed E-state index contributed by atoms with van der Waals surface area (Å²) in [5.74, 6) is -0.192. The number of carbonyl (C=O) groups is 1. The van der Waals surface area contributed by atoms with E-state index in [1.807, 2.05) is 31.2 Å². The van der Waals surface area contributed by atoms with Crippen molar-refractivity contribution in [2.24, 2.45) is 0 Å². The van der Waals surface area contributed by atoms with Crippen molar-refractivity contribution in [2.45, 2.75) is 26.7 Å². The Morgan fingerprint density at radius 2 is 1.96 bits per heavy atom. The molecule has 128 valence electrons. The zero-order valence-corrected chi connectivity index (χ0v) is 15.2. The van der Waals surface area contributed by atoms with Crippen molar-refractivity contribution in [3.8, 4) is 6.07 Å². The van der Waals surface area contributed by atoms with E-state index in [9.17, 15) is 10.1 Å². The van der Waals surface area contributed by atoms with Crippen LogP contribution in [0.25, 0.3) is 0 Å². The third-order valence-electron chi connectivity index (χ3n) is 3.74. The quantitative estimate of drug-likeness (QED) is 0.571. The SMILES string of the molecule is Cc1cccc(C(C)C)c1NC(=O)/C(C#N)=C\Nc1cccc(Cl)c1. The van der Waals surface area contributed by atoms with Gasteiger partial charge in [0.15, 0.2) is 0 Å². The number of nitrogens with one attached hydrogen (secondary N) is 2. The molecule has 0 atom stereocenters. The van der Waals surface area contributed by atoms with Crippen LogP contribution in [-0.2, 0) is 4.79 Å². The van der Waals surface area contributed by atoms with Crippen molar-refractivity contribution in [3.63, 3.8) is 0 Å². The van der Waals surface area contributed by atoms with E-state index in [-0.39, 0.29) is 11.5 Å². The maximum Gasteiger partial charge on any atom is 0.267 e. The average molecular weight is 354 g/mol. The van der Waals surface area contributed by atoms with Gasteiger partial charge in [-0.2, -0.15) is 5.26 Å². The highest BCUT2D eigenvalue weighted by atomic mass is 35.5. The molecule has 2 aromatic carbocycles. The Morgan fingerprint density at radius 1 is 1.24 bits per heavy atom. The van der Waals surface area contributed by atoms with Crippen LogP contribution >= 0.6 is 11.6 Å². The molecule has 2 aromatic rings. The van der Waals surface area contributed by atoms with Gasteiger partial charge in [-0.1, -0.05) is 49.7 Å². The number of nitriles is 1. The van der Waals surface area contributed by atoms with Crippen LogP contribution < -0.4 is 10.6 Å². The number of halogens is 1. The maximum atomic E-state index is 12.5. The van der Waals surface area contributed by atoms with Gasteiger partial charge < -0.3 is 10.6 Å². The second-order valence-corrected chi connectivity index (χ2v) is 6.41. The predicted molar refractivity (Wildman–Crippen MR) is 103 cm³/mol. The van der Waals surface area contributed by atoms with Gasteiger partial charge in [0.05, 0.1) is 0 Å². The van der Waals surface area contributed by atoms with E-state index >= 15 is 0 Å². The summed E-state index contributed by atoms with van der Waals surface area (Å²) >= 11 is 5.92. The van der Waals surface area contributed by atoms with E-state index in [1.54, 1.807) is 24.3 Å². The van der Waals surface area contributed by atoms with Gasteiger partial charge in [0, 0.05) is 22.6 Å². The molecular weight excluding hydrogens is 334 g/mol. The first kappa shape index (κ1) is 18.6. The number of carbonyl (C=O) groups excluding carboxylic acids is 1. The van der Waals surface area contributed by atoms with Gasteiger partial charge in [0.25, 0.3) is 5.91 Å². The molecule has 0 aromatic heterocycles. The first-order valence-corrected chi connectivity index (χ1v) is 8.33. The minimum atomic E-state index is -0.451. The van der Waals surface area contributed by atoms with E-state index in [2.05, 4.69) is 24.5 Å². The topological polar surface area (TPSA) is 64.9 Å². The summed E-state index contributed by atoms with van der Waals surface area (Å²) in [6.45, 7) is 6.06. The number of hydrogen-bond donors (Lipinski definition) is 2. The lowest BCUT2D eigenvalue weighted by Crippen LogP contribution is -2.17. The smallest absolute Gasteiger partial charge is 0.267 e. The second kappa shape index (κ2) is 8.36. The van der Waals surface area contributed by atoms with E-state index in [0.717, 1.165) is 16.8 Å².